The van der Waals surface area contributed by atoms with E-state index >= 15 is 0 Å². The van der Waals surface area contributed by atoms with E-state index in [-0.39, 0.29) is 5.69 Å². The molecule has 0 radical (unpaired) electrons. The lowest BCUT2D eigenvalue weighted by molar-refractivity contribution is -0.384. The first-order valence-corrected chi connectivity index (χ1v) is 6.53. The van der Waals surface area contributed by atoms with Crippen LogP contribution in [0.4, 0.5) is 5.69 Å². The molecule has 0 aliphatic heterocycles. The van der Waals surface area contributed by atoms with Crippen molar-refractivity contribution in [2.24, 2.45) is 7.05 Å². The smallest absolute Gasteiger partial charge is 0.269 e. The van der Waals surface area contributed by atoms with Crippen molar-refractivity contribution in [1.29, 1.82) is 0 Å². The van der Waals surface area contributed by atoms with Crippen LogP contribution in [0, 0.1) is 17.0 Å². The van der Waals surface area contributed by atoms with Gasteiger partial charge in [0.1, 0.15) is 0 Å². The molecule has 0 unspecified atom stereocenters. The molecule has 0 spiro atoms. The Bertz CT molecular complexity index is 652. The van der Waals surface area contributed by atoms with Gasteiger partial charge in [0.05, 0.1) is 23.3 Å². The van der Waals surface area contributed by atoms with Crippen molar-refractivity contribution in [2.75, 3.05) is 7.11 Å². The average molecular weight is 290 g/mol. The zero-order valence-electron chi connectivity index (χ0n) is 12.3. The molecular weight excluding hydrogens is 272 g/mol. The third-order valence-corrected chi connectivity index (χ3v) is 3.23. The maximum absolute atomic E-state index is 10.7. The largest absolute Gasteiger partial charge is 0.481 e. The number of nitro groups is 1. The summed E-state index contributed by atoms with van der Waals surface area (Å²) in [5, 5.41) is 18.3. The molecule has 0 aliphatic rings. The summed E-state index contributed by atoms with van der Waals surface area (Å²) < 4.78 is 7.02. The quantitative estimate of drug-likeness (QED) is 0.649. The molecule has 7 heteroatoms. The van der Waals surface area contributed by atoms with Gasteiger partial charge in [0, 0.05) is 32.3 Å². The number of benzene rings is 1. The lowest BCUT2D eigenvalue weighted by Gasteiger charge is -2.07. The van der Waals surface area contributed by atoms with Crippen LogP contribution in [0.5, 0.6) is 5.88 Å². The van der Waals surface area contributed by atoms with E-state index in [0.29, 0.717) is 13.1 Å². The average Bonchev–Trinajstić information content (AvgIpc) is 2.73. The molecule has 0 bridgehead atoms. The summed E-state index contributed by atoms with van der Waals surface area (Å²) >= 11 is 0. The summed E-state index contributed by atoms with van der Waals surface area (Å²) in [5.74, 6) is 0.721. The fourth-order valence-corrected chi connectivity index (χ4v) is 2.25. The summed E-state index contributed by atoms with van der Waals surface area (Å²) in [6, 6.07) is 6.59. The van der Waals surface area contributed by atoms with Gasteiger partial charge in [0.15, 0.2) is 0 Å². The number of aryl methyl sites for hydroxylation is 2. The second kappa shape index (κ2) is 6.36. The van der Waals surface area contributed by atoms with Gasteiger partial charge in [-0.15, -0.1) is 0 Å². The Labute approximate surface area is 122 Å². The van der Waals surface area contributed by atoms with Crippen LogP contribution in [0.2, 0.25) is 0 Å². The van der Waals surface area contributed by atoms with Crippen molar-refractivity contribution >= 4 is 5.69 Å². The molecule has 7 nitrogen and oxygen atoms in total. The van der Waals surface area contributed by atoms with Gasteiger partial charge in [-0.05, 0) is 12.5 Å². The lowest BCUT2D eigenvalue weighted by Crippen LogP contribution is -2.14. The van der Waals surface area contributed by atoms with E-state index in [1.165, 1.54) is 6.07 Å². The molecule has 0 fully saturated rings. The highest BCUT2D eigenvalue weighted by atomic mass is 16.6. The Morgan fingerprint density at radius 1 is 1.43 bits per heavy atom. The van der Waals surface area contributed by atoms with Crippen LogP contribution in [0.3, 0.4) is 0 Å². The van der Waals surface area contributed by atoms with Crippen LogP contribution >= 0.6 is 0 Å². The molecule has 1 aromatic heterocycles. The number of nitrogens with one attached hydrogen (secondary N) is 1. The van der Waals surface area contributed by atoms with E-state index in [0.717, 1.165) is 22.7 Å². The third-order valence-electron chi connectivity index (χ3n) is 3.23. The van der Waals surface area contributed by atoms with Gasteiger partial charge in [-0.25, -0.2) is 4.68 Å². The molecule has 1 aromatic carbocycles. The first-order valence-electron chi connectivity index (χ1n) is 6.53. The highest BCUT2D eigenvalue weighted by molar-refractivity contribution is 5.34. The van der Waals surface area contributed by atoms with E-state index in [2.05, 4.69) is 10.4 Å². The minimum absolute atomic E-state index is 0.101. The molecule has 2 aromatic rings. The summed E-state index contributed by atoms with van der Waals surface area (Å²) in [4.78, 5) is 10.3. The summed E-state index contributed by atoms with van der Waals surface area (Å²) in [6.45, 7) is 3.05. The van der Waals surface area contributed by atoms with Crippen LogP contribution in [-0.4, -0.2) is 21.8 Å². The molecule has 112 valence electrons. The predicted molar refractivity (Wildman–Crippen MR) is 78.1 cm³/mol. The Kier molecular flexibility index (Phi) is 4.54. The van der Waals surface area contributed by atoms with Crippen LogP contribution < -0.4 is 10.1 Å². The summed E-state index contributed by atoms with van der Waals surface area (Å²) in [7, 11) is 3.44. The second-order valence-electron chi connectivity index (χ2n) is 4.73. The van der Waals surface area contributed by atoms with Crippen molar-refractivity contribution in [3.63, 3.8) is 0 Å². The van der Waals surface area contributed by atoms with Gasteiger partial charge >= 0.3 is 0 Å². The van der Waals surface area contributed by atoms with Gasteiger partial charge < -0.3 is 10.1 Å². The minimum Gasteiger partial charge on any atom is -0.481 e. The van der Waals surface area contributed by atoms with Crippen molar-refractivity contribution in [3.8, 4) is 5.88 Å². The maximum atomic E-state index is 10.7. The number of non-ortho nitro benzene ring substituents is 1. The Morgan fingerprint density at radius 2 is 2.19 bits per heavy atom. The van der Waals surface area contributed by atoms with E-state index < -0.39 is 4.92 Å². The number of nitro benzene ring substituents is 1. The fraction of sp³-hybridized carbons (Fsp3) is 0.357. The normalized spacial score (nSPS) is 10.6. The van der Waals surface area contributed by atoms with Gasteiger partial charge in [-0.2, -0.15) is 5.10 Å². The van der Waals surface area contributed by atoms with Gasteiger partial charge in [0.2, 0.25) is 5.88 Å². The highest BCUT2D eigenvalue weighted by Gasteiger charge is 2.13. The van der Waals surface area contributed by atoms with E-state index in [1.807, 2.05) is 20.0 Å². The first-order chi connectivity index (χ1) is 10.0. The third kappa shape index (κ3) is 3.38. The minimum atomic E-state index is -0.391. The second-order valence-corrected chi connectivity index (χ2v) is 4.73. The Morgan fingerprint density at radius 3 is 2.86 bits per heavy atom. The zero-order chi connectivity index (χ0) is 15.4. The van der Waals surface area contributed by atoms with Crippen LogP contribution in [0.1, 0.15) is 16.8 Å². The van der Waals surface area contributed by atoms with Gasteiger partial charge in [0.25, 0.3) is 5.69 Å². The summed E-state index contributed by atoms with van der Waals surface area (Å²) in [6.07, 6.45) is 0. The monoisotopic (exact) mass is 290 g/mol. The van der Waals surface area contributed by atoms with Crippen LogP contribution in [0.15, 0.2) is 24.3 Å². The molecule has 0 saturated carbocycles. The standard InChI is InChI=1S/C14H18N4O3/c1-10-13(14(21-3)17(2)16-10)9-15-8-11-5-4-6-12(7-11)18(19)20/h4-7,15H,8-9H2,1-3H3. The van der Waals surface area contributed by atoms with Crippen molar-refractivity contribution in [1.82, 2.24) is 15.1 Å². The SMILES string of the molecule is COc1c(CNCc2cccc([N+](=O)[O-])c2)c(C)nn1C. The number of methoxy groups -OCH3 is 1. The molecule has 2 rings (SSSR count). The van der Waals surface area contributed by atoms with Gasteiger partial charge in [-0.3, -0.25) is 10.1 Å². The van der Waals surface area contributed by atoms with Crippen molar-refractivity contribution in [2.45, 2.75) is 20.0 Å². The number of hydrogen-bond donors (Lipinski definition) is 1. The van der Waals surface area contributed by atoms with Crippen LogP contribution in [0.25, 0.3) is 0 Å². The fourth-order valence-electron chi connectivity index (χ4n) is 2.25. The number of ether oxygens (including phenoxy) is 1. The zero-order valence-corrected chi connectivity index (χ0v) is 12.3. The molecule has 0 amide bonds. The Hall–Kier alpha value is -2.41. The number of nitrogens with zero attached hydrogens (tertiary/aromatic N) is 3. The first kappa shape index (κ1) is 15.0. The maximum Gasteiger partial charge on any atom is 0.269 e. The number of aromatic nitrogens is 2. The van der Waals surface area contributed by atoms with Crippen molar-refractivity contribution < 1.29 is 9.66 Å². The van der Waals surface area contributed by atoms with Crippen molar-refractivity contribution in [3.05, 3.63) is 51.2 Å². The van der Waals surface area contributed by atoms with E-state index in [9.17, 15) is 10.1 Å². The molecule has 1 heterocycles. The Balaban J connectivity index is 2.02. The molecular formula is C14H18N4O3. The lowest BCUT2D eigenvalue weighted by atomic mass is 10.2. The molecule has 0 saturated heterocycles. The van der Waals surface area contributed by atoms with Gasteiger partial charge in [-0.1, -0.05) is 12.1 Å². The highest BCUT2D eigenvalue weighted by Crippen LogP contribution is 2.20. The number of hydrogen-bond acceptors (Lipinski definition) is 5. The molecule has 0 atom stereocenters. The predicted octanol–water partition coefficient (Wildman–Crippen LogP) is 1.94. The molecule has 1 N–H and O–H groups in total. The molecule has 21 heavy (non-hydrogen) atoms. The topological polar surface area (TPSA) is 82.2 Å². The number of rotatable bonds is 6. The van der Waals surface area contributed by atoms with E-state index in [4.69, 9.17) is 4.74 Å². The summed E-state index contributed by atoms with van der Waals surface area (Å²) in [5.41, 5.74) is 2.86. The van der Waals surface area contributed by atoms with Crippen LogP contribution in [-0.2, 0) is 20.1 Å². The van der Waals surface area contributed by atoms with E-state index in [1.54, 1.807) is 23.9 Å². The molecule has 0 aliphatic carbocycles.